The predicted octanol–water partition coefficient (Wildman–Crippen LogP) is 1.70. The summed E-state index contributed by atoms with van der Waals surface area (Å²) in [6, 6.07) is 9.57. The molecule has 0 amide bonds. The Kier molecular flexibility index (Phi) is 13.5. The van der Waals surface area contributed by atoms with Crippen molar-refractivity contribution in [1.29, 1.82) is 0 Å². The molecule has 0 aliphatic rings. The quantitative estimate of drug-likeness (QED) is 0.362. The third-order valence-electron chi connectivity index (χ3n) is 2.70. The molecule has 0 aliphatic carbocycles. The third kappa shape index (κ3) is 15.5. The van der Waals surface area contributed by atoms with Crippen molar-refractivity contribution in [2.75, 3.05) is 25.4 Å². The molecule has 0 aliphatic heterocycles. The lowest BCUT2D eigenvalue weighted by Gasteiger charge is -2.13. The van der Waals surface area contributed by atoms with Crippen LogP contribution in [0.4, 0.5) is 0 Å². The SMILES string of the molecule is CC(C)SCCCNCC(O)COc1ccccc1.O=C(O)C(=O)O. The first-order valence-electron chi connectivity index (χ1n) is 7.97. The van der Waals surface area contributed by atoms with Gasteiger partial charge in [-0.05, 0) is 36.1 Å². The second-order valence-corrected chi connectivity index (χ2v) is 7.05. The van der Waals surface area contributed by atoms with Gasteiger partial charge < -0.3 is 25.4 Å². The number of ether oxygens (including phenoxy) is 1. The fourth-order valence-corrected chi connectivity index (χ4v) is 2.34. The molecule has 4 N–H and O–H groups in total. The molecular weight excluding hydrogens is 346 g/mol. The van der Waals surface area contributed by atoms with Crippen molar-refractivity contribution in [2.24, 2.45) is 0 Å². The Morgan fingerprint density at radius 2 is 1.76 bits per heavy atom. The van der Waals surface area contributed by atoms with Gasteiger partial charge in [-0.2, -0.15) is 11.8 Å². The maximum atomic E-state index is 9.76. The topological polar surface area (TPSA) is 116 Å². The maximum absolute atomic E-state index is 9.76. The minimum Gasteiger partial charge on any atom is -0.491 e. The highest BCUT2D eigenvalue weighted by molar-refractivity contribution is 7.99. The van der Waals surface area contributed by atoms with E-state index in [1.807, 2.05) is 42.1 Å². The van der Waals surface area contributed by atoms with E-state index in [4.69, 9.17) is 24.5 Å². The van der Waals surface area contributed by atoms with Gasteiger partial charge >= 0.3 is 11.9 Å². The zero-order valence-electron chi connectivity index (χ0n) is 14.6. The second-order valence-electron chi connectivity index (χ2n) is 5.37. The van der Waals surface area contributed by atoms with Crippen LogP contribution < -0.4 is 10.1 Å². The Bertz CT molecular complexity index is 471. The maximum Gasteiger partial charge on any atom is 0.414 e. The van der Waals surface area contributed by atoms with E-state index in [2.05, 4.69) is 19.2 Å². The van der Waals surface area contributed by atoms with Gasteiger partial charge in [0.2, 0.25) is 0 Å². The van der Waals surface area contributed by atoms with E-state index < -0.39 is 18.0 Å². The number of thioether (sulfide) groups is 1. The summed E-state index contributed by atoms with van der Waals surface area (Å²) < 4.78 is 5.48. The lowest BCUT2D eigenvalue weighted by Crippen LogP contribution is -2.32. The number of nitrogens with one attached hydrogen (secondary N) is 1. The van der Waals surface area contributed by atoms with Crippen LogP contribution in [0, 0.1) is 0 Å². The van der Waals surface area contributed by atoms with Crippen LogP contribution in [0.3, 0.4) is 0 Å². The van der Waals surface area contributed by atoms with Crippen molar-refractivity contribution in [2.45, 2.75) is 31.6 Å². The summed E-state index contributed by atoms with van der Waals surface area (Å²) in [5.74, 6) is -1.68. The van der Waals surface area contributed by atoms with Gasteiger partial charge in [-0.1, -0.05) is 32.0 Å². The highest BCUT2D eigenvalue weighted by Gasteiger charge is 2.05. The molecule has 1 aromatic carbocycles. The number of aliphatic carboxylic acids is 2. The van der Waals surface area contributed by atoms with E-state index in [1.54, 1.807) is 0 Å². The van der Waals surface area contributed by atoms with Crippen molar-refractivity contribution >= 4 is 23.7 Å². The van der Waals surface area contributed by atoms with E-state index in [0.29, 0.717) is 18.4 Å². The number of rotatable bonds is 10. The average Bonchev–Trinajstić information content (AvgIpc) is 2.57. The average molecular weight is 373 g/mol. The van der Waals surface area contributed by atoms with Crippen LogP contribution in [0.1, 0.15) is 20.3 Å². The Balaban J connectivity index is 0.000000823. The Morgan fingerprint density at radius 3 is 2.28 bits per heavy atom. The van der Waals surface area contributed by atoms with Gasteiger partial charge in [-0.3, -0.25) is 0 Å². The molecule has 1 atom stereocenters. The first kappa shape index (κ1) is 23.2. The van der Waals surface area contributed by atoms with E-state index in [1.165, 1.54) is 5.75 Å². The standard InChI is InChI=1S/C15H25NO2S.C2H2O4/c1-13(2)19-10-6-9-16-11-14(17)12-18-15-7-4-3-5-8-15;3-1(4)2(5)6/h3-5,7-8,13-14,16-17H,6,9-12H2,1-2H3;(H,3,4)(H,5,6). The monoisotopic (exact) mass is 373 g/mol. The molecule has 0 radical (unpaired) electrons. The number of aliphatic hydroxyl groups excluding tert-OH is 1. The molecule has 25 heavy (non-hydrogen) atoms. The van der Waals surface area contributed by atoms with Gasteiger partial charge in [0.25, 0.3) is 0 Å². The molecule has 0 heterocycles. The zero-order chi connectivity index (χ0) is 19.1. The summed E-state index contributed by atoms with van der Waals surface area (Å²) in [6.45, 7) is 6.28. The Morgan fingerprint density at radius 1 is 1.16 bits per heavy atom. The smallest absolute Gasteiger partial charge is 0.414 e. The number of para-hydroxylation sites is 1. The molecule has 0 aromatic heterocycles. The number of benzene rings is 1. The van der Waals surface area contributed by atoms with Crippen molar-refractivity contribution in [1.82, 2.24) is 5.32 Å². The summed E-state index contributed by atoms with van der Waals surface area (Å²) in [4.78, 5) is 18.2. The second kappa shape index (κ2) is 14.6. The van der Waals surface area contributed by atoms with Gasteiger partial charge in [0, 0.05) is 6.54 Å². The molecule has 0 fully saturated rings. The molecule has 1 aromatic rings. The normalized spacial score (nSPS) is 11.4. The molecule has 0 saturated heterocycles. The summed E-state index contributed by atoms with van der Waals surface area (Å²) >= 11 is 1.97. The summed E-state index contributed by atoms with van der Waals surface area (Å²) in [7, 11) is 0. The lowest BCUT2D eigenvalue weighted by atomic mass is 10.3. The molecule has 0 bridgehead atoms. The van der Waals surface area contributed by atoms with Crippen LogP contribution in [0.15, 0.2) is 30.3 Å². The number of hydrogen-bond acceptors (Lipinski definition) is 6. The summed E-state index contributed by atoms with van der Waals surface area (Å²) in [5.41, 5.74) is 0. The van der Waals surface area contributed by atoms with Crippen LogP contribution >= 0.6 is 11.8 Å². The number of hydrogen-bond donors (Lipinski definition) is 4. The molecule has 7 nitrogen and oxygen atoms in total. The molecular formula is C17H27NO6S. The van der Waals surface area contributed by atoms with E-state index in [9.17, 15) is 5.11 Å². The van der Waals surface area contributed by atoms with Gasteiger partial charge in [0.1, 0.15) is 18.5 Å². The summed E-state index contributed by atoms with van der Waals surface area (Å²) in [5, 5.41) is 28.5. The largest absolute Gasteiger partial charge is 0.491 e. The highest BCUT2D eigenvalue weighted by atomic mass is 32.2. The highest BCUT2D eigenvalue weighted by Crippen LogP contribution is 2.09. The fourth-order valence-electron chi connectivity index (χ4n) is 1.55. The molecule has 1 unspecified atom stereocenters. The summed E-state index contributed by atoms with van der Waals surface area (Å²) in [6.07, 6.45) is 0.674. The van der Waals surface area contributed by atoms with Crippen LogP contribution in [-0.2, 0) is 9.59 Å². The molecule has 8 heteroatoms. The first-order chi connectivity index (χ1) is 11.8. The number of aliphatic hydroxyl groups is 1. The van der Waals surface area contributed by atoms with Gasteiger partial charge in [-0.25, -0.2) is 9.59 Å². The van der Waals surface area contributed by atoms with Crippen LogP contribution in [0.2, 0.25) is 0 Å². The predicted molar refractivity (Wildman–Crippen MR) is 98.3 cm³/mol. The minimum absolute atomic E-state index is 0.331. The van der Waals surface area contributed by atoms with Gasteiger partial charge in [0.05, 0.1) is 0 Å². The fraction of sp³-hybridized carbons (Fsp3) is 0.529. The minimum atomic E-state index is -1.82. The number of carbonyl (C=O) groups is 2. The molecule has 0 saturated carbocycles. The number of carboxylic acids is 2. The first-order valence-corrected chi connectivity index (χ1v) is 9.02. The zero-order valence-corrected chi connectivity index (χ0v) is 15.4. The van der Waals surface area contributed by atoms with Crippen molar-refractivity contribution < 1.29 is 29.6 Å². The van der Waals surface area contributed by atoms with E-state index in [0.717, 1.165) is 18.7 Å². The van der Waals surface area contributed by atoms with Crippen molar-refractivity contribution in [3.8, 4) is 5.75 Å². The van der Waals surface area contributed by atoms with E-state index in [-0.39, 0.29) is 0 Å². The van der Waals surface area contributed by atoms with E-state index >= 15 is 0 Å². The van der Waals surface area contributed by atoms with Crippen molar-refractivity contribution in [3.63, 3.8) is 0 Å². The van der Waals surface area contributed by atoms with Crippen LogP contribution in [0.5, 0.6) is 5.75 Å². The van der Waals surface area contributed by atoms with Gasteiger partial charge in [0.15, 0.2) is 0 Å². The van der Waals surface area contributed by atoms with Gasteiger partial charge in [-0.15, -0.1) is 0 Å². The molecule has 0 spiro atoms. The van der Waals surface area contributed by atoms with Crippen LogP contribution in [0.25, 0.3) is 0 Å². The Labute approximate surface area is 152 Å². The Hall–Kier alpha value is -1.77. The third-order valence-corrected chi connectivity index (χ3v) is 3.89. The number of carboxylic acid groups (broad SMARTS) is 2. The van der Waals surface area contributed by atoms with Crippen molar-refractivity contribution in [3.05, 3.63) is 30.3 Å². The lowest BCUT2D eigenvalue weighted by molar-refractivity contribution is -0.159. The molecule has 142 valence electrons. The molecule has 1 rings (SSSR count). The van der Waals surface area contributed by atoms with Crippen LogP contribution in [-0.4, -0.2) is 64.1 Å².